The minimum Gasteiger partial charge on any atom is -0.460 e. The number of carbonyl (C=O) groups is 1. The number of para-hydroxylation sites is 1. The van der Waals surface area contributed by atoms with Gasteiger partial charge in [0, 0.05) is 22.3 Å². The molecule has 0 spiro atoms. The topological polar surface area (TPSA) is 78.4 Å². The zero-order valence-electron chi connectivity index (χ0n) is 14.5. The maximum Gasteiger partial charge on any atom is 0.374 e. The first kappa shape index (κ1) is 17.4. The molecule has 136 valence electrons. The molecule has 27 heavy (non-hydrogen) atoms. The fraction of sp³-hybridized carbons (Fsp3) is 0.150. The first-order valence-electron chi connectivity index (χ1n) is 8.45. The summed E-state index contributed by atoms with van der Waals surface area (Å²) in [7, 11) is 0. The Morgan fingerprint density at radius 1 is 1.04 bits per heavy atom. The number of ether oxygens (including phenoxy) is 1. The number of esters is 1. The van der Waals surface area contributed by atoms with Gasteiger partial charge in [0.15, 0.2) is 0 Å². The van der Waals surface area contributed by atoms with Gasteiger partial charge in [-0.1, -0.05) is 48.2 Å². The monoisotopic (exact) mass is 380 g/mol. The van der Waals surface area contributed by atoms with Crippen molar-refractivity contribution in [1.29, 1.82) is 0 Å². The lowest BCUT2D eigenvalue weighted by Crippen LogP contribution is -2.05. The third-order valence-electron chi connectivity index (χ3n) is 3.93. The van der Waals surface area contributed by atoms with Crippen LogP contribution >= 0.6 is 11.8 Å². The van der Waals surface area contributed by atoms with Gasteiger partial charge in [-0.05, 0) is 25.1 Å². The van der Waals surface area contributed by atoms with Gasteiger partial charge >= 0.3 is 5.97 Å². The van der Waals surface area contributed by atoms with E-state index in [4.69, 9.17) is 13.6 Å². The molecular formula is C20H16N2O4S. The highest BCUT2D eigenvalue weighted by atomic mass is 32.2. The molecule has 0 bridgehead atoms. The van der Waals surface area contributed by atoms with Crippen LogP contribution in [0.4, 0.5) is 0 Å². The van der Waals surface area contributed by atoms with Gasteiger partial charge in [0.05, 0.1) is 6.61 Å². The van der Waals surface area contributed by atoms with Gasteiger partial charge in [-0.25, -0.2) is 4.79 Å². The van der Waals surface area contributed by atoms with Crippen LogP contribution in [0, 0.1) is 0 Å². The Morgan fingerprint density at radius 2 is 1.81 bits per heavy atom. The summed E-state index contributed by atoms with van der Waals surface area (Å²) < 4.78 is 16.6. The molecule has 0 atom stereocenters. The standard InChI is InChI=1S/C20H16N2O4S/c1-2-24-19(23)17-15(14-10-6-7-11-16(14)25-17)12-27-20-22-21-18(26-20)13-8-4-3-5-9-13/h3-11H,2,12H2,1H3. The van der Waals surface area contributed by atoms with E-state index >= 15 is 0 Å². The number of thioether (sulfide) groups is 1. The molecule has 0 aliphatic heterocycles. The van der Waals surface area contributed by atoms with Gasteiger partial charge in [-0.2, -0.15) is 0 Å². The molecule has 4 rings (SSSR count). The van der Waals surface area contributed by atoms with E-state index in [0.717, 1.165) is 16.5 Å². The van der Waals surface area contributed by atoms with Gasteiger partial charge in [-0.15, -0.1) is 10.2 Å². The molecule has 0 aliphatic carbocycles. The number of benzene rings is 2. The minimum atomic E-state index is -0.472. The van der Waals surface area contributed by atoms with Crippen LogP contribution in [0.1, 0.15) is 23.0 Å². The van der Waals surface area contributed by atoms with Crippen LogP contribution < -0.4 is 0 Å². The number of hydrogen-bond acceptors (Lipinski definition) is 7. The molecule has 0 radical (unpaired) electrons. The van der Waals surface area contributed by atoms with E-state index in [0.29, 0.717) is 22.4 Å². The van der Waals surface area contributed by atoms with Gasteiger partial charge in [0.2, 0.25) is 11.7 Å². The lowest BCUT2D eigenvalue weighted by Gasteiger charge is -2.01. The SMILES string of the molecule is CCOC(=O)c1oc2ccccc2c1CSc1nnc(-c2ccccc2)o1. The number of fused-ring (bicyclic) bond motifs is 1. The van der Waals surface area contributed by atoms with Crippen LogP contribution in [0.15, 0.2) is 68.7 Å². The zero-order valence-corrected chi connectivity index (χ0v) is 15.4. The lowest BCUT2D eigenvalue weighted by atomic mass is 10.1. The van der Waals surface area contributed by atoms with Crippen molar-refractivity contribution in [2.24, 2.45) is 0 Å². The predicted octanol–water partition coefficient (Wildman–Crippen LogP) is 4.95. The second kappa shape index (κ2) is 7.67. The molecule has 2 heterocycles. The molecule has 4 aromatic rings. The minimum absolute atomic E-state index is 0.216. The number of rotatable bonds is 6. The summed E-state index contributed by atoms with van der Waals surface area (Å²) in [4.78, 5) is 12.3. The van der Waals surface area contributed by atoms with Crippen molar-refractivity contribution in [3.63, 3.8) is 0 Å². The van der Waals surface area contributed by atoms with Crippen LogP contribution in [-0.4, -0.2) is 22.8 Å². The van der Waals surface area contributed by atoms with E-state index < -0.39 is 5.97 Å². The summed E-state index contributed by atoms with van der Waals surface area (Å²) in [5, 5.41) is 9.46. The van der Waals surface area contributed by atoms with E-state index in [1.807, 2.05) is 54.6 Å². The Hall–Kier alpha value is -3.06. The maximum absolute atomic E-state index is 12.3. The summed E-state index contributed by atoms with van der Waals surface area (Å²) in [5.74, 6) is 0.649. The summed E-state index contributed by atoms with van der Waals surface area (Å²) in [6.45, 7) is 2.05. The Labute approximate surface area is 159 Å². The van der Waals surface area contributed by atoms with Crippen molar-refractivity contribution >= 4 is 28.7 Å². The van der Waals surface area contributed by atoms with Crippen molar-refractivity contribution < 1.29 is 18.4 Å². The fourth-order valence-electron chi connectivity index (χ4n) is 2.70. The Morgan fingerprint density at radius 3 is 2.63 bits per heavy atom. The quantitative estimate of drug-likeness (QED) is 0.346. The average molecular weight is 380 g/mol. The van der Waals surface area contributed by atoms with Crippen molar-refractivity contribution in [3.05, 3.63) is 65.9 Å². The normalized spacial score (nSPS) is 11.0. The molecule has 0 fully saturated rings. The van der Waals surface area contributed by atoms with Crippen molar-refractivity contribution in [1.82, 2.24) is 10.2 Å². The first-order chi connectivity index (χ1) is 13.3. The van der Waals surface area contributed by atoms with Gasteiger partial charge in [0.25, 0.3) is 5.22 Å². The fourth-order valence-corrected chi connectivity index (χ4v) is 3.49. The Kier molecular flexibility index (Phi) is 4.93. The molecule has 0 N–H and O–H groups in total. The highest BCUT2D eigenvalue weighted by Gasteiger charge is 2.22. The van der Waals surface area contributed by atoms with Crippen LogP contribution in [0.25, 0.3) is 22.4 Å². The smallest absolute Gasteiger partial charge is 0.374 e. The summed E-state index contributed by atoms with van der Waals surface area (Å²) in [6.07, 6.45) is 0. The highest BCUT2D eigenvalue weighted by Crippen LogP contribution is 2.33. The molecule has 0 aliphatic rings. The molecule has 0 unspecified atom stereocenters. The largest absolute Gasteiger partial charge is 0.460 e. The molecule has 0 saturated heterocycles. The van der Waals surface area contributed by atoms with Crippen molar-refractivity contribution in [2.45, 2.75) is 17.9 Å². The molecular weight excluding hydrogens is 364 g/mol. The van der Waals surface area contributed by atoms with E-state index in [2.05, 4.69) is 10.2 Å². The third-order valence-corrected chi connectivity index (χ3v) is 4.77. The van der Waals surface area contributed by atoms with E-state index in [1.165, 1.54) is 11.8 Å². The van der Waals surface area contributed by atoms with Crippen molar-refractivity contribution in [2.75, 3.05) is 6.61 Å². The maximum atomic E-state index is 12.3. The van der Waals surface area contributed by atoms with Crippen LogP contribution in [-0.2, 0) is 10.5 Å². The van der Waals surface area contributed by atoms with Crippen LogP contribution in [0.2, 0.25) is 0 Å². The summed E-state index contributed by atoms with van der Waals surface area (Å²) >= 11 is 1.35. The second-order valence-electron chi connectivity index (χ2n) is 5.65. The highest BCUT2D eigenvalue weighted by molar-refractivity contribution is 7.98. The molecule has 7 heteroatoms. The number of hydrogen-bond donors (Lipinski definition) is 0. The summed E-state index contributed by atoms with van der Waals surface area (Å²) in [6, 6.07) is 17.1. The van der Waals surface area contributed by atoms with Crippen LogP contribution in [0.5, 0.6) is 0 Å². The zero-order chi connectivity index (χ0) is 18.6. The average Bonchev–Trinajstić information content (AvgIpc) is 3.32. The molecule has 0 saturated carbocycles. The Bertz CT molecular complexity index is 1070. The third kappa shape index (κ3) is 3.59. The molecule has 2 aromatic carbocycles. The molecule has 2 aromatic heterocycles. The summed E-state index contributed by atoms with van der Waals surface area (Å²) in [5.41, 5.74) is 2.26. The number of furan rings is 1. The van der Waals surface area contributed by atoms with Gasteiger partial charge in [-0.3, -0.25) is 0 Å². The number of aromatic nitrogens is 2. The van der Waals surface area contributed by atoms with Crippen molar-refractivity contribution in [3.8, 4) is 11.5 Å². The van der Waals surface area contributed by atoms with Gasteiger partial charge < -0.3 is 13.6 Å². The first-order valence-corrected chi connectivity index (χ1v) is 9.44. The lowest BCUT2D eigenvalue weighted by molar-refractivity contribution is 0.0491. The molecule has 6 nitrogen and oxygen atoms in total. The van der Waals surface area contributed by atoms with Gasteiger partial charge in [0.1, 0.15) is 5.58 Å². The van der Waals surface area contributed by atoms with Crippen LogP contribution in [0.3, 0.4) is 0 Å². The second-order valence-corrected chi connectivity index (χ2v) is 6.58. The number of nitrogens with zero attached hydrogens (tertiary/aromatic N) is 2. The van der Waals surface area contributed by atoms with E-state index in [-0.39, 0.29) is 12.4 Å². The predicted molar refractivity (Wildman–Crippen MR) is 101 cm³/mol. The van der Waals surface area contributed by atoms with E-state index in [1.54, 1.807) is 6.92 Å². The number of carbonyl (C=O) groups excluding carboxylic acids is 1. The Balaban J connectivity index is 1.59. The molecule has 0 amide bonds. The van der Waals surface area contributed by atoms with E-state index in [9.17, 15) is 4.79 Å².